The number of aromatic nitrogens is 3. The molecule has 0 bridgehead atoms. The number of halogens is 3. The van der Waals surface area contributed by atoms with E-state index >= 15 is 0 Å². The number of benzene rings is 3. The number of alkyl halides is 2. The lowest BCUT2D eigenvalue weighted by molar-refractivity contribution is -0.131. The highest BCUT2D eigenvalue weighted by Gasteiger charge is 2.56. The summed E-state index contributed by atoms with van der Waals surface area (Å²) < 4.78 is 39.6. The Morgan fingerprint density at radius 1 is 0.878 bits per heavy atom. The third-order valence-electron chi connectivity index (χ3n) is 7.30. The van der Waals surface area contributed by atoms with Gasteiger partial charge in [-0.1, -0.05) is 24.3 Å². The minimum absolute atomic E-state index is 0.375. The number of pyridine rings is 1. The second-order valence-electron chi connectivity index (χ2n) is 10.1. The molecule has 0 radical (unpaired) electrons. The number of carbonyl (C=O) groups is 2. The fourth-order valence-corrected chi connectivity index (χ4v) is 4.78. The second-order valence-corrected chi connectivity index (χ2v) is 10.1. The molecule has 0 aliphatic heterocycles. The van der Waals surface area contributed by atoms with Crippen molar-refractivity contribution in [3.05, 3.63) is 108 Å². The molecule has 1 aliphatic rings. The van der Waals surface area contributed by atoms with Crippen molar-refractivity contribution >= 4 is 34.1 Å². The first-order chi connectivity index (χ1) is 19.8. The van der Waals surface area contributed by atoms with Crippen LogP contribution in [0.25, 0.3) is 22.0 Å². The summed E-state index contributed by atoms with van der Waals surface area (Å²) >= 11 is 0. The van der Waals surface area contributed by atoms with Crippen LogP contribution in [0.2, 0.25) is 0 Å². The molecule has 0 unspecified atom stereocenters. The topological polar surface area (TPSA) is 88.9 Å². The lowest BCUT2D eigenvalue weighted by Crippen LogP contribution is -2.35. The zero-order valence-corrected chi connectivity index (χ0v) is 21.7. The van der Waals surface area contributed by atoms with Crippen molar-refractivity contribution < 1.29 is 22.8 Å². The number of carbonyl (C=O) groups excluding carboxylic acids is 2. The number of hydrogen-bond acceptors (Lipinski definition) is 4. The standard InChI is InChI=1S/C31H24F3N5O2/c32-23-4-8-25(9-5-23)38-29(41)31(12-13-31)28(40)37-24-6-1-19(2-7-24)15-21-11-14-35-27-16-20(3-10-26(21)27)22-17-36-39(18-22)30(33)34/h1-11,14,16-18,30H,12-13,15H2,(H,37,40)(H,38,41). The molecule has 6 rings (SSSR count). The molecule has 7 nitrogen and oxygen atoms in total. The maximum absolute atomic E-state index is 13.2. The van der Waals surface area contributed by atoms with Crippen molar-refractivity contribution in [1.82, 2.24) is 14.8 Å². The Bertz CT molecular complexity index is 1750. The zero-order valence-electron chi connectivity index (χ0n) is 21.7. The van der Waals surface area contributed by atoms with Crippen LogP contribution in [-0.2, 0) is 16.0 Å². The maximum atomic E-state index is 13.2. The van der Waals surface area contributed by atoms with E-state index in [9.17, 15) is 22.8 Å². The van der Waals surface area contributed by atoms with E-state index in [1.54, 1.807) is 18.3 Å². The molecule has 206 valence electrons. The molecule has 2 aromatic heterocycles. The summed E-state index contributed by atoms with van der Waals surface area (Å²) in [4.78, 5) is 30.2. The predicted molar refractivity (Wildman–Crippen MR) is 149 cm³/mol. The molecule has 2 amide bonds. The summed E-state index contributed by atoms with van der Waals surface area (Å²) in [7, 11) is 0. The normalized spacial score (nSPS) is 13.8. The van der Waals surface area contributed by atoms with Crippen LogP contribution in [0.3, 0.4) is 0 Å². The molecule has 2 N–H and O–H groups in total. The highest BCUT2D eigenvalue weighted by molar-refractivity contribution is 6.16. The summed E-state index contributed by atoms with van der Waals surface area (Å²) in [5.74, 6) is -1.19. The van der Waals surface area contributed by atoms with Crippen LogP contribution in [0.4, 0.5) is 24.5 Å². The number of hydrogen-bond donors (Lipinski definition) is 2. The lowest BCUT2D eigenvalue weighted by atomic mass is 9.99. The molecule has 1 saturated carbocycles. The van der Waals surface area contributed by atoms with Gasteiger partial charge in [0.2, 0.25) is 11.8 Å². The number of fused-ring (bicyclic) bond motifs is 1. The Kier molecular flexibility index (Phi) is 6.74. The molecule has 0 spiro atoms. The fraction of sp³-hybridized carbons (Fsp3) is 0.161. The number of nitrogens with zero attached hydrogens (tertiary/aromatic N) is 3. The minimum Gasteiger partial charge on any atom is -0.325 e. The molecule has 0 saturated heterocycles. The summed E-state index contributed by atoms with van der Waals surface area (Å²) in [6, 6.07) is 20.4. The van der Waals surface area contributed by atoms with E-state index < -0.39 is 23.7 Å². The Balaban J connectivity index is 1.12. The first kappa shape index (κ1) is 26.2. The van der Waals surface area contributed by atoms with Crippen LogP contribution in [0, 0.1) is 11.2 Å². The Morgan fingerprint density at radius 2 is 1.54 bits per heavy atom. The van der Waals surface area contributed by atoms with Crippen molar-refractivity contribution in [2.24, 2.45) is 5.41 Å². The molecular weight excluding hydrogens is 531 g/mol. The van der Waals surface area contributed by atoms with E-state index in [0.717, 1.165) is 27.6 Å². The van der Waals surface area contributed by atoms with Gasteiger partial charge in [-0.25, -0.2) is 9.07 Å². The van der Waals surface area contributed by atoms with E-state index in [-0.39, 0.29) is 5.91 Å². The summed E-state index contributed by atoms with van der Waals surface area (Å²) in [5, 5.41) is 10.2. The number of nitrogens with one attached hydrogen (secondary N) is 2. The quantitative estimate of drug-likeness (QED) is 0.212. The smallest absolute Gasteiger partial charge is 0.325 e. The SMILES string of the molecule is O=C(Nc1ccc(F)cc1)C1(C(=O)Nc2ccc(Cc3ccnc4cc(-c5cnn(C(F)F)c5)ccc34)cc2)CC1. The maximum Gasteiger partial charge on any atom is 0.333 e. The number of rotatable bonds is 8. The Hall–Kier alpha value is -4.99. The van der Waals surface area contributed by atoms with Crippen LogP contribution in [0.15, 0.2) is 91.4 Å². The Labute approximate surface area is 233 Å². The molecule has 10 heteroatoms. The highest BCUT2D eigenvalue weighted by atomic mass is 19.3. The first-order valence-corrected chi connectivity index (χ1v) is 13.0. The predicted octanol–water partition coefficient (Wildman–Crippen LogP) is 6.58. The molecule has 3 aromatic carbocycles. The van der Waals surface area contributed by atoms with E-state index in [1.165, 1.54) is 36.7 Å². The minimum atomic E-state index is -2.70. The van der Waals surface area contributed by atoms with Crippen LogP contribution in [0.1, 0.15) is 30.5 Å². The van der Waals surface area contributed by atoms with Gasteiger partial charge in [0, 0.05) is 34.7 Å². The van der Waals surface area contributed by atoms with Crippen molar-refractivity contribution in [1.29, 1.82) is 0 Å². The molecule has 2 heterocycles. The van der Waals surface area contributed by atoms with Gasteiger partial charge in [0.1, 0.15) is 11.2 Å². The molecule has 5 aromatic rings. The lowest BCUT2D eigenvalue weighted by Gasteiger charge is -2.16. The molecular formula is C31H24F3N5O2. The molecule has 0 atom stereocenters. The zero-order chi connectivity index (χ0) is 28.6. The third-order valence-corrected chi connectivity index (χ3v) is 7.30. The van der Waals surface area contributed by atoms with E-state index in [0.29, 0.717) is 40.9 Å². The van der Waals surface area contributed by atoms with Crippen molar-refractivity contribution in [2.75, 3.05) is 10.6 Å². The van der Waals surface area contributed by atoms with Gasteiger partial charge in [0.05, 0.1) is 11.7 Å². The average molecular weight is 556 g/mol. The van der Waals surface area contributed by atoms with Crippen LogP contribution in [0.5, 0.6) is 0 Å². The molecule has 41 heavy (non-hydrogen) atoms. The fourth-order valence-electron chi connectivity index (χ4n) is 4.78. The van der Waals surface area contributed by atoms with Crippen LogP contribution in [-0.4, -0.2) is 26.6 Å². The monoisotopic (exact) mass is 555 g/mol. The third kappa shape index (κ3) is 5.41. The second kappa shape index (κ2) is 10.5. The summed E-state index contributed by atoms with van der Waals surface area (Å²) in [6.45, 7) is -2.70. The van der Waals surface area contributed by atoms with Gasteiger partial charge in [0.25, 0.3) is 0 Å². The van der Waals surface area contributed by atoms with Gasteiger partial charge in [-0.3, -0.25) is 14.6 Å². The summed E-state index contributed by atoms with van der Waals surface area (Å²) in [6.07, 6.45) is 5.91. The van der Waals surface area contributed by atoms with E-state index in [1.807, 2.05) is 36.4 Å². The number of amides is 2. The largest absolute Gasteiger partial charge is 0.333 e. The van der Waals surface area contributed by atoms with Crippen LogP contribution >= 0.6 is 0 Å². The Morgan fingerprint density at radius 3 is 2.15 bits per heavy atom. The number of anilines is 2. The van der Waals surface area contributed by atoms with Gasteiger partial charge >= 0.3 is 6.55 Å². The average Bonchev–Trinajstić information content (AvgIpc) is 3.64. The van der Waals surface area contributed by atoms with Gasteiger partial charge in [-0.15, -0.1) is 0 Å². The molecule has 1 fully saturated rings. The van der Waals surface area contributed by atoms with Crippen LogP contribution < -0.4 is 10.6 Å². The van der Waals surface area contributed by atoms with Crippen molar-refractivity contribution in [3.8, 4) is 11.1 Å². The van der Waals surface area contributed by atoms with Crippen molar-refractivity contribution in [2.45, 2.75) is 25.8 Å². The molecule has 1 aliphatic carbocycles. The summed E-state index contributed by atoms with van der Waals surface area (Å²) in [5.41, 5.74) is 3.98. The van der Waals surface area contributed by atoms with E-state index in [4.69, 9.17) is 0 Å². The van der Waals surface area contributed by atoms with E-state index in [2.05, 4.69) is 20.7 Å². The first-order valence-electron chi connectivity index (χ1n) is 13.0. The van der Waals surface area contributed by atoms with Gasteiger partial charge in [-0.2, -0.15) is 13.9 Å². The van der Waals surface area contributed by atoms with Gasteiger partial charge in [-0.05, 0) is 84.5 Å². The highest BCUT2D eigenvalue weighted by Crippen LogP contribution is 2.47. The van der Waals surface area contributed by atoms with Crippen molar-refractivity contribution in [3.63, 3.8) is 0 Å². The van der Waals surface area contributed by atoms with Gasteiger partial charge in [0.15, 0.2) is 0 Å². The van der Waals surface area contributed by atoms with Gasteiger partial charge < -0.3 is 10.6 Å².